The number of aryl methyl sites for hydroxylation is 1. The molecule has 1 aromatic heterocycles. The molecule has 18 heavy (non-hydrogen) atoms. The third-order valence-corrected chi connectivity index (χ3v) is 2.71. The molecule has 0 saturated heterocycles. The van der Waals surface area contributed by atoms with E-state index in [4.69, 9.17) is 5.73 Å². The molecule has 1 aromatic carbocycles. The van der Waals surface area contributed by atoms with Crippen molar-refractivity contribution in [2.45, 2.75) is 6.42 Å². The zero-order valence-electron chi connectivity index (χ0n) is 10.0. The number of amides is 2. The Morgan fingerprint density at radius 3 is 2.94 bits per heavy atom. The maximum absolute atomic E-state index is 10.9. The summed E-state index contributed by atoms with van der Waals surface area (Å²) in [7, 11) is 1.93. The lowest BCUT2D eigenvalue weighted by Crippen LogP contribution is -2.37. The Hall–Kier alpha value is -2.37. The summed E-state index contributed by atoms with van der Waals surface area (Å²) in [6.45, 7) is 0.375. The smallest absolute Gasteiger partial charge is 0.309 e. The van der Waals surface area contributed by atoms with E-state index in [2.05, 4.69) is 10.3 Å². The fraction of sp³-hybridized carbons (Fsp3) is 0.250. The summed E-state index contributed by atoms with van der Waals surface area (Å²) in [5, 5.41) is 2.44. The van der Waals surface area contributed by atoms with Gasteiger partial charge in [0.15, 0.2) is 0 Å². The van der Waals surface area contributed by atoms with Gasteiger partial charge < -0.3 is 15.6 Å². The number of carbonyl (C=O) groups excluding carboxylic acids is 2. The number of aromatic nitrogens is 2. The van der Waals surface area contributed by atoms with Crippen LogP contribution in [0.3, 0.4) is 0 Å². The molecule has 0 aliphatic carbocycles. The maximum atomic E-state index is 10.9. The van der Waals surface area contributed by atoms with Gasteiger partial charge in [0.05, 0.1) is 17.4 Å². The summed E-state index contributed by atoms with van der Waals surface area (Å²) in [5.41, 5.74) is 7.84. The summed E-state index contributed by atoms with van der Waals surface area (Å²) >= 11 is 0. The first-order valence-electron chi connectivity index (χ1n) is 5.55. The highest BCUT2D eigenvalue weighted by atomic mass is 16.2. The van der Waals surface area contributed by atoms with Gasteiger partial charge >= 0.3 is 11.8 Å². The van der Waals surface area contributed by atoms with Crippen molar-refractivity contribution in [2.75, 3.05) is 6.54 Å². The molecule has 2 aromatic rings. The van der Waals surface area contributed by atoms with Crippen LogP contribution in [-0.2, 0) is 23.1 Å². The van der Waals surface area contributed by atoms with E-state index >= 15 is 0 Å². The van der Waals surface area contributed by atoms with Crippen molar-refractivity contribution < 1.29 is 9.59 Å². The van der Waals surface area contributed by atoms with Crippen molar-refractivity contribution in [3.63, 3.8) is 0 Å². The predicted octanol–water partition coefficient (Wildman–Crippen LogP) is -0.283. The second-order valence-corrected chi connectivity index (χ2v) is 4.05. The molecule has 0 radical (unpaired) electrons. The van der Waals surface area contributed by atoms with E-state index in [1.807, 2.05) is 29.8 Å². The lowest BCUT2D eigenvalue weighted by Gasteiger charge is -2.03. The van der Waals surface area contributed by atoms with Gasteiger partial charge in [-0.3, -0.25) is 9.59 Å². The first-order valence-corrected chi connectivity index (χ1v) is 5.55. The molecule has 1 heterocycles. The molecule has 0 saturated carbocycles. The van der Waals surface area contributed by atoms with Crippen molar-refractivity contribution in [1.29, 1.82) is 0 Å². The van der Waals surface area contributed by atoms with Gasteiger partial charge in [0.25, 0.3) is 0 Å². The highest BCUT2D eigenvalue weighted by Gasteiger charge is 2.07. The summed E-state index contributed by atoms with van der Waals surface area (Å²) < 4.78 is 1.94. The van der Waals surface area contributed by atoms with Gasteiger partial charge in [-0.25, -0.2) is 4.98 Å². The fourth-order valence-electron chi connectivity index (χ4n) is 1.74. The van der Waals surface area contributed by atoms with Crippen LogP contribution in [0.2, 0.25) is 0 Å². The molecule has 0 unspecified atom stereocenters. The minimum absolute atomic E-state index is 0.375. The van der Waals surface area contributed by atoms with Gasteiger partial charge in [-0.1, -0.05) is 6.07 Å². The van der Waals surface area contributed by atoms with E-state index in [0.29, 0.717) is 13.0 Å². The van der Waals surface area contributed by atoms with Crippen molar-refractivity contribution in [1.82, 2.24) is 14.9 Å². The van der Waals surface area contributed by atoms with Crippen molar-refractivity contribution in [3.8, 4) is 0 Å². The minimum Gasteiger partial charge on any atom is -0.361 e. The molecule has 0 bridgehead atoms. The summed E-state index contributed by atoms with van der Waals surface area (Å²) in [6, 6.07) is 5.92. The van der Waals surface area contributed by atoms with Crippen LogP contribution in [-0.4, -0.2) is 27.9 Å². The van der Waals surface area contributed by atoms with Gasteiger partial charge in [0.2, 0.25) is 0 Å². The summed E-state index contributed by atoms with van der Waals surface area (Å²) in [5.74, 6) is -1.72. The molecule has 2 rings (SSSR count). The van der Waals surface area contributed by atoms with Crippen LogP contribution in [0, 0.1) is 0 Å². The lowest BCUT2D eigenvalue weighted by molar-refractivity contribution is -0.137. The zero-order chi connectivity index (χ0) is 13.1. The van der Waals surface area contributed by atoms with E-state index in [0.717, 1.165) is 16.6 Å². The quantitative estimate of drug-likeness (QED) is 0.730. The maximum Gasteiger partial charge on any atom is 0.309 e. The van der Waals surface area contributed by atoms with E-state index in [-0.39, 0.29) is 0 Å². The van der Waals surface area contributed by atoms with Gasteiger partial charge in [0, 0.05) is 13.6 Å². The Balaban J connectivity index is 2.00. The number of primary amides is 1. The van der Waals surface area contributed by atoms with E-state index in [1.54, 1.807) is 6.33 Å². The van der Waals surface area contributed by atoms with Crippen LogP contribution in [0.25, 0.3) is 11.0 Å². The molecule has 0 fully saturated rings. The molecule has 0 spiro atoms. The van der Waals surface area contributed by atoms with E-state index in [1.165, 1.54) is 0 Å². The lowest BCUT2D eigenvalue weighted by atomic mass is 10.1. The second kappa shape index (κ2) is 4.87. The number of fused-ring (bicyclic) bond motifs is 1. The van der Waals surface area contributed by atoms with Crippen LogP contribution in [0.1, 0.15) is 5.56 Å². The summed E-state index contributed by atoms with van der Waals surface area (Å²) in [4.78, 5) is 25.7. The summed E-state index contributed by atoms with van der Waals surface area (Å²) in [6.07, 6.45) is 2.38. The van der Waals surface area contributed by atoms with Crippen LogP contribution < -0.4 is 11.1 Å². The Morgan fingerprint density at radius 2 is 2.22 bits per heavy atom. The number of rotatable bonds is 3. The molecule has 6 nitrogen and oxygen atoms in total. The highest BCUT2D eigenvalue weighted by Crippen LogP contribution is 2.13. The average molecular weight is 246 g/mol. The number of carbonyl (C=O) groups is 2. The van der Waals surface area contributed by atoms with Crippen molar-refractivity contribution in [2.24, 2.45) is 12.8 Å². The topological polar surface area (TPSA) is 90.0 Å². The Bertz CT molecular complexity index is 603. The Morgan fingerprint density at radius 1 is 1.44 bits per heavy atom. The number of nitrogens with zero attached hydrogens (tertiary/aromatic N) is 2. The third-order valence-electron chi connectivity index (χ3n) is 2.71. The molecule has 3 N–H and O–H groups in total. The van der Waals surface area contributed by atoms with E-state index in [9.17, 15) is 9.59 Å². The minimum atomic E-state index is -0.963. The molecule has 2 amide bonds. The first-order chi connectivity index (χ1) is 8.58. The first kappa shape index (κ1) is 12.1. The largest absolute Gasteiger partial charge is 0.361 e. The monoisotopic (exact) mass is 246 g/mol. The van der Waals surface area contributed by atoms with Crippen molar-refractivity contribution >= 4 is 22.8 Å². The number of benzene rings is 1. The standard InChI is InChI=1S/C12H14N4O2/c1-16-7-15-9-6-8(2-3-10(9)16)4-5-14-12(18)11(13)17/h2-3,6-7H,4-5H2,1H3,(H2,13,17)(H,14,18). The molecule has 0 aliphatic rings. The molecule has 0 atom stereocenters. The Kier molecular flexibility index (Phi) is 3.27. The zero-order valence-corrected chi connectivity index (χ0v) is 10.0. The average Bonchev–Trinajstić information content (AvgIpc) is 2.70. The Labute approximate surface area is 104 Å². The molecule has 0 aliphatic heterocycles. The SMILES string of the molecule is Cn1cnc2cc(CCNC(=O)C(N)=O)ccc21. The number of nitrogens with two attached hydrogens (primary N) is 1. The number of nitrogens with one attached hydrogen (secondary N) is 1. The van der Waals surface area contributed by atoms with Crippen LogP contribution in [0.4, 0.5) is 0 Å². The highest BCUT2D eigenvalue weighted by molar-refractivity contribution is 6.34. The molecular weight excluding hydrogens is 232 g/mol. The fourth-order valence-corrected chi connectivity index (χ4v) is 1.74. The van der Waals surface area contributed by atoms with Crippen LogP contribution in [0.5, 0.6) is 0 Å². The molecule has 94 valence electrons. The van der Waals surface area contributed by atoms with Gasteiger partial charge in [-0.15, -0.1) is 0 Å². The molecule has 6 heteroatoms. The van der Waals surface area contributed by atoms with E-state index < -0.39 is 11.8 Å². The normalized spacial score (nSPS) is 10.5. The van der Waals surface area contributed by atoms with Crippen LogP contribution in [0.15, 0.2) is 24.5 Å². The van der Waals surface area contributed by atoms with Crippen molar-refractivity contribution in [3.05, 3.63) is 30.1 Å². The molecular formula is C12H14N4O2. The predicted molar refractivity (Wildman–Crippen MR) is 66.6 cm³/mol. The number of hydrogen-bond donors (Lipinski definition) is 2. The van der Waals surface area contributed by atoms with Gasteiger partial charge in [-0.05, 0) is 24.1 Å². The number of imidazole rings is 1. The number of hydrogen-bond acceptors (Lipinski definition) is 3. The second-order valence-electron chi connectivity index (χ2n) is 4.05. The van der Waals surface area contributed by atoms with Crippen LogP contribution >= 0.6 is 0 Å². The van der Waals surface area contributed by atoms with Gasteiger partial charge in [-0.2, -0.15) is 0 Å². The third kappa shape index (κ3) is 2.48. The van der Waals surface area contributed by atoms with Gasteiger partial charge in [0.1, 0.15) is 0 Å².